The molecule has 0 bridgehead atoms. The molecule has 0 saturated carbocycles. The molecule has 1 heterocycles. The van der Waals surface area contributed by atoms with E-state index in [-0.39, 0.29) is 12.0 Å². The van der Waals surface area contributed by atoms with Gasteiger partial charge >= 0.3 is 0 Å². The number of nitrogens with zero attached hydrogens (tertiary/aromatic N) is 1. The first kappa shape index (κ1) is 14.2. The maximum atomic E-state index is 9.69. The zero-order valence-electron chi connectivity index (χ0n) is 10.8. The van der Waals surface area contributed by atoms with E-state index in [1.165, 1.54) is 0 Å². The van der Waals surface area contributed by atoms with Gasteiger partial charge in [-0.2, -0.15) is 5.26 Å². The summed E-state index contributed by atoms with van der Waals surface area (Å²) < 4.78 is 0. The smallest absolute Gasteiger partial charge is 0.0938 e. The average Bonchev–Trinajstić information content (AvgIpc) is 2.84. The summed E-state index contributed by atoms with van der Waals surface area (Å²) in [6.45, 7) is 6.14. The standard InChI is InChI=1S/C14H21NOS/c1-4-12(16)7-8-14(10-15,11(2)3)13-6-5-9-17-13/h5-6,9,11-12,16H,4,7-8H2,1-3H3. The highest BCUT2D eigenvalue weighted by Gasteiger charge is 2.36. The van der Waals surface area contributed by atoms with Gasteiger partial charge in [-0.15, -0.1) is 11.3 Å². The Hall–Kier alpha value is -0.850. The molecule has 2 unspecified atom stereocenters. The molecule has 1 aromatic rings. The molecule has 17 heavy (non-hydrogen) atoms. The van der Waals surface area contributed by atoms with E-state index in [0.29, 0.717) is 6.42 Å². The third-order valence-corrected chi connectivity index (χ3v) is 4.54. The van der Waals surface area contributed by atoms with Crippen LogP contribution in [0.25, 0.3) is 0 Å². The Morgan fingerprint density at radius 1 is 1.53 bits per heavy atom. The van der Waals surface area contributed by atoms with Crippen LogP contribution in [0, 0.1) is 17.2 Å². The maximum Gasteiger partial charge on any atom is 0.0938 e. The number of aliphatic hydroxyl groups is 1. The van der Waals surface area contributed by atoms with Gasteiger partial charge in [0.1, 0.15) is 0 Å². The quantitative estimate of drug-likeness (QED) is 0.837. The Morgan fingerprint density at radius 3 is 2.65 bits per heavy atom. The Balaban J connectivity index is 2.92. The van der Waals surface area contributed by atoms with Crippen molar-refractivity contribution in [3.8, 4) is 6.07 Å². The minimum Gasteiger partial charge on any atom is -0.393 e. The van der Waals surface area contributed by atoms with Crippen LogP contribution in [0.5, 0.6) is 0 Å². The molecule has 0 aliphatic heterocycles. The minimum atomic E-state index is -0.440. The predicted octanol–water partition coefficient (Wildman–Crippen LogP) is 3.72. The van der Waals surface area contributed by atoms with Gasteiger partial charge in [-0.1, -0.05) is 26.8 Å². The van der Waals surface area contributed by atoms with E-state index in [2.05, 4.69) is 19.9 Å². The van der Waals surface area contributed by atoms with Crippen molar-refractivity contribution in [1.82, 2.24) is 0 Å². The highest BCUT2D eigenvalue weighted by Crippen LogP contribution is 2.39. The third kappa shape index (κ3) is 3.08. The van der Waals surface area contributed by atoms with Crippen molar-refractivity contribution in [1.29, 1.82) is 5.26 Å². The van der Waals surface area contributed by atoms with Gasteiger partial charge in [-0.25, -0.2) is 0 Å². The molecular weight excluding hydrogens is 230 g/mol. The zero-order chi connectivity index (χ0) is 12.9. The molecular formula is C14H21NOS. The van der Waals surface area contributed by atoms with Crippen molar-refractivity contribution >= 4 is 11.3 Å². The molecule has 0 amide bonds. The maximum absolute atomic E-state index is 9.69. The number of hydrogen-bond acceptors (Lipinski definition) is 3. The molecule has 1 rings (SSSR count). The van der Waals surface area contributed by atoms with E-state index >= 15 is 0 Å². The van der Waals surface area contributed by atoms with Crippen LogP contribution in [-0.4, -0.2) is 11.2 Å². The summed E-state index contributed by atoms with van der Waals surface area (Å²) >= 11 is 1.64. The third-order valence-electron chi connectivity index (χ3n) is 3.49. The Labute approximate surface area is 108 Å². The van der Waals surface area contributed by atoms with Gasteiger partial charge < -0.3 is 5.11 Å². The SMILES string of the molecule is CCC(O)CCC(C#N)(c1cccs1)C(C)C. The van der Waals surface area contributed by atoms with Gasteiger partial charge in [0.25, 0.3) is 0 Å². The van der Waals surface area contributed by atoms with E-state index in [0.717, 1.165) is 17.7 Å². The molecule has 0 aromatic carbocycles. The van der Waals surface area contributed by atoms with E-state index in [1.807, 2.05) is 24.4 Å². The van der Waals surface area contributed by atoms with E-state index < -0.39 is 5.41 Å². The second-order valence-corrected chi connectivity index (χ2v) is 5.76. The number of nitriles is 1. The van der Waals surface area contributed by atoms with Crippen LogP contribution in [0.3, 0.4) is 0 Å². The normalized spacial score (nSPS) is 16.5. The largest absolute Gasteiger partial charge is 0.393 e. The lowest BCUT2D eigenvalue weighted by Crippen LogP contribution is -2.31. The van der Waals surface area contributed by atoms with Crippen LogP contribution in [0.2, 0.25) is 0 Å². The van der Waals surface area contributed by atoms with Gasteiger partial charge in [-0.05, 0) is 36.6 Å². The molecule has 94 valence electrons. The number of rotatable bonds is 6. The summed E-state index contributed by atoms with van der Waals surface area (Å²) in [6.07, 6.45) is 1.89. The van der Waals surface area contributed by atoms with Crippen molar-refractivity contribution in [3.05, 3.63) is 22.4 Å². The summed E-state index contributed by atoms with van der Waals surface area (Å²) in [4.78, 5) is 1.12. The molecule has 0 fully saturated rings. The van der Waals surface area contributed by atoms with Gasteiger partial charge in [0.2, 0.25) is 0 Å². The molecule has 0 saturated heterocycles. The van der Waals surface area contributed by atoms with Crippen LogP contribution >= 0.6 is 11.3 Å². The second kappa shape index (κ2) is 6.18. The monoisotopic (exact) mass is 251 g/mol. The molecule has 0 radical (unpaired) electrons. The number of hydrogen-bond donors (Lipinski definition) is 1. The molecule has 2 nitrogen and oxygen atoms in total. The van der Waals surface area contributed by atoms with E-state index in [4.69, 9.17) is 0 Å². The molecule has 0 aliphatic rings. The number of thiophene rings is 1. The van der Waals surface area contributed by atoms with Crippen LogP contribution < -0.4 is 0 Å². The zero-order valence-corrected chi connectivity index (χ0v) is 11.6. The Morgan fingerprint density at radius 2 is 2.24 bits per heavy atom. The Bertz CT molecular complexity index is 366. The fourth-order valence-electron chi connectivity index (χ4n) is 2.07. The van der Waals surface area contributed by atoms with Gasteiger partial charge in [0.05, 0.1) is 17.6 Å². The molecule has 1 N–H and O–H groups in total. The summed E-state index contributed by atoms with van der Waals surface area (Å²) in [5.41, 5.74) is -0.440. The Kier molecular flexibility index (Phi) is 5.17. The highest BCUT2D eigenvalue weighted by molar-refractivity contribution is 7.10. The molecule has 0 aliphatic carbocycles. The predicted molar refractivity (Wildman–Crippen MR) is 72.0 cm³/mol. The molecule has 0 spiro atoms. The fraction of sp³-hybridized carbons (Fsp3) is 0.643. The van der Waals surface area contributed by atoms with E-state index in [1.54, 1.807) is 11.3 Å². The second-order valence-electron chi connectivity index (χ2n) is 4.82. The first-order valence-corrected chi connectivity index (χ1v) is 7.08. The van der Waals surface area contributed by atoms with Gasteiger partial charge in [-0.3, -0.25) is 0 Å². The highest BCUT2D eigenvalue weighted by atomic mass is 32.1. The summed E-state index contributed by atoms with van der Waals surface area (Å²) in [7, 11) is 0. The lowest BCUT2D eigenvalue weighted by atomic mass is 9.73. The number of aliphatic hydroxyl groups excluding tert-OH is 1. The summed E-state index contributed by atoms with van der Waals surface area (Å²) in [5, 5.41) is 21.3. The fourth-order valence-corrected chi connectivity index (χ4v) is 3.12. The van der Waals surface area contributed by atoms with Crippen molar-refractivity contribution in [2.75, 3.05) is 0 Å². The molecule has 3 heteroatoms. The van der Waals surface area contributed by atoms with Crippen LogP contribution in [-0.2, 0) is 5.41 Å². The lowest BCUT2D eigenvalue weighted by molar-refractivity contribution is 0.146. The van der Waals surface area contributed by atoms with Crippen molar-refractivity contribution < 1.29 is 5.11 Å². The van der Waals surface area contributed by atoms with Gasteiger partial charge in [0.15, 0.2) is 0 Å². The topological polar surface area (TPSA) is 44.0 Å². The molecule has 2 atom stereocenters. The van der Waals surface area contributed by atoms with Crippen molar-refractivity contribution in [3.63, 3.8) is 0 Å². The molecule has 1 aromatic heterocycles. The van der Waals surface area contributed by atoms with Crippen molar-refractivity contribution in [2.24, 2.45) is 5.92 Å². The van der Waals surface area contributed by atoms with Crippen LogP contribution in [0.4, 0.5) is 0 Å². The van der Waals surface area contributed by atoms with E-state index in [9.17, 15) is 10.4 Å². The first-order chi connectivity index (χ1) is 8.06. The lowest BCUT2D eigenvalue weighted by Gasteiger charge is -2.30. The van der Waals surface area contributed by atoms with Crippen LogP contribution in [0.15, 0.2) is 17.5 Å². The first-order valence-electron chi connectivity index (χ1n) is 6.20. The summed E-state index contributed by atoms with van der Waals surface area (Å²) in [6, 6.07) is 6.52. The average molecular weight is 251 g/mol. The van der Waals surface area contributed by atoms with Crippen molar-refractivity contribution in [2.45, 2.75) is 51.6 Å². The van der Waals surface area contributed by atoms with Crippen LogP contribution in [0.1, 0.15) is 44.9 Å². The van der Waals surface area contributed by atoms with Gasteiger partial charge in [0, 0.05) is 4.88 Å². The summed E-state index contributed by atoms with van der Waals surface area (Å²) in [5.74, 6) is 0.259. The minimum absolute atomic E-state index is 0.259.